The summed E-state index contributed by atoms with van der Waals surface area (Å²) in [6.45, 7) is 2.51. The number of hydrogen-bond donors (Lipinski definition) is 1. The number of hydrogen-bond acceptors (Lipinski definition) is 4. The van der Waals surface area contributed by atoms with E-state index in [4.69, 9.17) is 4.74 Å². The maximum atomic E-state index is 12.7. The van der Waals surface area contributed by atoms with Crippen molar-refractivity contribution in [2.75, 3.05) is 6.54 Å². The third kappa shape index (κ3) is 4.94. The van der Waals surface area contributed by atoms with Crippen LogP contribution in [0.5, 0.6) is 11.6 Å². The standard InChI is InChI=1S/C16H16F3N3O2/c1-2-3-7-21-15(23)13-9-20-10-14(22-13)24-12-6-4-5-11(8-12)16(17,18)19/h4-6,8-10H,2-3,7H2,1H3,(H,21,23). The number of unbranched alkanes of at least 4 members (excludes halogenated alkanes) is 1. The van der Waals surface area contributed by atoms with Crippen LogP contribution in [-0.2, 0) is 6.18 Å². The Morgan fingerprint density at radius 3 is 2.79 bits per heavy atom. The van der Waals surface area contributed by atoms with Gasteiger partial charge in [0, 0.05) is 6.54 Å². The van der Waals surface area contributed by atoms with E-state index < -0.39 is 17.6 Å². The molecule has 0 saturated carbocycles. The molecule has 2 rings (SSSR count). The van der Waals surface area contributed by atoms with Crippen LogP contribution in [-0.4, -0.2) is 22.4 Å². The summed E-state index contributed by atoms with van der Waals surface area (Å²) < 4.78 is 43.3. The maximum Gasteiger partial charge on any atom is 0.416 e. The third-order valence-corrected chi connectivity index (χ3v) is 3.04. The predicted molar refractivity (Wildman–Crippen MR) is 80.8 cm³/mol. The molecule has 1 aromatic carbocycles. The van der Waals surface area contributed by atoms with E-state index >= 15 is 0 Å². The number of benzene rings is 1. The lowest BCUT2D eigenvalue weighted by molar-refractivity contribution is -0.137. The summed E-state index contributed by atoms with van der Waals surface area (Å²) >= 11 is 0. The fourth-order valence-corrected chi connectivity index (χ4v) is 1.83. The molecule has 0 atom stereocenters. The first-order valence-electron chi connectivity index (χ1n) is 7.35. The zero-order chi connectivity index (χ0) is 17.6. The van der Waals surface area contributed by atoms with Crippen LogP contribution < -0.4 is 10.1 Å². The molecule has 0 aliphatic carbocycles. The highest BCUT2D eigenvalue weighted by atomic mass is 19.4. The van der Waals surface area contributed by atoms with Crippen molar-refractivity contribution < 1.29 is 22.7 Å². The van der Waals surface area contributed by atoms with Gasteiger partial charge < -0.3 is 10.1 Å². The number of rotatable bonds is 6. The van der Waals surface area contributed by atoms with E-state index in [0.29, 0.717) is 6.54 Å². The van der Waals surface area contributed by atoms with Crippen molar-refractivity contribution in [3.8, 4) is 11.6 Å². The molecule has 0 saturated heterocycles. The van der Waals surface area contributed by atoms with Gasteiger partial charge in [-0.3, -0.25) is 9.78 Å². The molecule has 24 heavy (non-hydrogen) atoms. The molecule has 1 amide bonds. The molecule has 0 bridgehead atoms. The number of nitrogens with one attached hydrogen (secondary N) is 1. The molecule has 0 aliphatic heterocycles. The summed E-state index contributed by atoms with van der Waals surface area (Å²) in [5.41, 5.74) is -0.794. The maximum absolute atomic E-state index is 12.7. The number of nitrogens with zero attached hydrogens (tertiary/aromatic N) is 2. The molecule has 0 aliphatic rings. The highest BCUT2D eigenvalue weighted by Gasteiger charge is 2.30. The van der Waals surface area contributed by atoms with Gasteiger partial charge in [0.25, 0.3) is 5.91 Å². The third-order valence-electron chi connectivity index (χ3n) is 3.04. The number of halogens is 3. The molecule has 8 heteroatoms. The Labute approximate surface area is 136 Å². The minimum absolute atomic E-state index is 0.0376. The Hall–Kier alpha value is -2.64. The topological polar surface area (TPSA) is 64.1 Å². The molecule has 5 nitrogen and oxygen atoms in total. The molecule has 2 aromatic rings. The van der Waals surface area contributed by atoms with Crippen LogP contribution in [0, 0.1) is 0 Å². The van der Waals surface area contributed by atoms with Crippen molar-refractivity contribution in [2.45, 2.75) is 25.9 Å². The van der Waals surface area contributed by atoms with Crippen molar-refractivity contribution in [1.82, 2.24) is 15.3 Å². The monoisotopic (exact) mass is 339 g/mol. The van der Waals surface area contributed by atoms with Gasteiger partial charge in [0.15, 0.2) is 0 Å². The highest BCUT2D eigenvalue weighted by Crippen LogP contribution is 2.32. The summed E-state index contributed by atoms with van der Waals surface area (Å²) in [5.74, 6) is -0.509. The first-order chi connectivity index (χ1) is 11.4. The first-order valence-corrected chi connectivity index (χ1v) is 7.35. The van der Waals surface area contributed by atoms with E-state index in [1.165, 1.54) is 24.5 Å². The molecular weight excluding hydrogens is 323 g/mol. The molecular formula is C16H16F3N3O2. The van der Waals surface area contributed by atoms with Gasteiger partial charge in [-0.15, -0.1) is 0 Å². The van der Waals surface area contributed by atoms with Crippen LogP contribution in [0.15, 0.2) is 36.7 Å². The largest absolute Gasteiger partial charge is 0.437 e. The van der Waals surface area contributed by atoms with E-state index in [-0.39, 0.29) is 17.3 Å². The lowest BCUT2D eigenvalue weighted by Crippen LogP contribution is -2.25. The average molecular weight is 339 g/mol. The van der Waals surface area contributed by atoms with Gasteiger partial charge in [0.05, 0.1) is 18.0 Å². The van der Waals surface area contributed by atoms with Crippen LogP contribution in [0.3, 0.4) is 0 Å². The van der Waals surface area contributed by atoms with E-state index in [1.54, 1.807) is 0 Å². The second-order valence-electron chi connectivity index (χ2n) is 4.98. The minimum Gasteiger partial charge on any atom is -0.437 e. The van der Waals surface area contributed by atoms with Crippen LogP contribution in [0.25, 0.3) is 0 Å². The molecule has 0 radical (unpaired) electrons. The first kappa shape index (κ1) is 17.7. The van der Waals surface area contributed by atoms with Crippen LogP contribution in [0.2, 0.25) is 0 Å². The summed E-state index contributed by atoms with van der Waals surface area (Å²) in [6.07, 6.45) is -0.209. The second kappa shape index (κ2) is 7.76. The van der Waals surface area contributed by atoms with Gasteiger partial charge in [-0.25, -0.2) is 4.98 Å². The smallest absolute Gasteiger partial charge is 0.416 e. The van der Waals surface area contributed by atoms with E-state index in [9.17, 15) is 18.0 Å². The normalized spacial score (nSPS) is 11.2. The van der Waals surface area contributed by atoms with Gasteiger partial charge in [-0.2, -0.15) is 13.2 Å². The highest BCUT2D eigenvalue weighted by molar-refractivity contribution is 5.92. The van der Waals surface area contributed by atoms with E-state index in [0.717, 1.165) is 25.0 Å². The second-order valence-corrected chi connectivity index (χ2v) is 4.98. The zero-order valence-electron chi connectivity index (χ0n) is 12.9. The number of amides is 1. The number of carbonyl (C=O) groups excluding carboxylic acids is 1. The fourth-order valence-electron chi connectivity index (χ4n) is 1.83. The predicted octanol–water partition coefficient (Wildman–Crippen LogP) is 3.82. The molecule has 1 heterocycles. The van der Waals surface area contributed by atoms with Crippen LogP contribution in [0.1, 0.15) is 35.8 Å². The minimum atomic E-state index is -4.47. The van der Waals surface area contributed by atoms with Gasteiger partial charge in [0.1, 0.15) is 11.4 Å². The Balaban J connectivity index is 2.11. The van der Waals surface area contributed by atoms with Gasteiger partial charge in [-0.1, -0.05) is 19.4 Å². The van der Waals surface area contributed by atoms with Crippen molar-refractivity contribution in [2.24, 2.45) is 0 Å². The lowest BCUT2D eigenvalue weighted by Gasteiger charge is -2.10. The number of carbonyl (C=O) groups is 1. The van der Waals surface area contributed by atoms with Gasteiger partial charge in [-0.05, 0) is 24.6 Å². The molecule has 0 fully saturated rings. The van der Waals surface area contributed by atoms with Crippen molar-refractivity contribution >= 4 is 5.91 Å². The summed E-state index contributed by atoms with van der Waals surface area (Å²) in [5, 5.41) is 2.67. The average Bonchev–Trinajstić information content (AvgIpc) is 2.55. The SMILES string of the molecule is CCCCNC(=O)c1cncc(Oc2cccc(C(F)(F)F)c2)n1. The lowest BCUT2D eigenvalue weighted by atomic mass is 10.2. The molecule has 1 N–H and O–H groups in total. The number of alkyl halides is 3. The molecule has 128 valence electrons. The number of ether oxygens (including phenoxy) is 1. The van der Waals surface area contributed by atoms with Crippen LogP contribution >= 0.6 is 0 Å². The Kier molecular flexibility index (Phi) is 5.73. The quantitative estimate of drug-likeness (QED) is 0.813. The van der Waals surface area contributed by atoms with Crippen molar-refractivity contribution in [3.05, 3.63) is 47.9 Å². The molecule has 1 aromatic heterocycles. The van der Waals surface area contributed by atoms with E-state index in [2.05, 4.69) is 15.3 Å². The summed E-state index contributed by atoms with van der Waals surface area (Å²) in [4.78, 5) is 19.7. The van der Waals surface area contributed by atoms with Gasteiger partial charge >= 0.3 is 6.18 Å². The van der Waals surface area contributed by atoms with Crippen molar-refractivity contribution in [1.29, 1.82) is 0 Å². The fraction of sp³-hybridized carbons (Fsp3) is 0.312. The molecule has 0 spiro atoms. The van der Waals surface area contributed by atoms with Crippen molar-refractivity contribution in [3.63, 3.8) is 0 Å². The number of aromatic nitrogens is 2. The van der Waals surface area contributed by atoms with E-state index in [1.807, 2.05) is 6.92 Å². The van der Waals surface area contributed by atoms with Crippen LogP contribution in [0.4, 0.5) is 13.2 Å². The Morgan fingerprint density at radius 2 is 2.08 bits per heavy atom. The summed E-state index contributed by atoms with van der Waals surface area (Å²) in [6, 6.07) is 4.39. The Bertz CT molecular complexity index is 705. The Morgan fingerprint density at radius 1 is 1.29 bits per heavy atom. The zero-order valence-corrected chi connectivity index (χ0v) is 12.9. The van der Waals surface area contributed by atoms with Gasteiger partial charge in [0.2, 0.25) is 5.88 Å². The molecule has 0 unspecified atom stereocenters. The summed E-state index contributed by atoms with van der Waals surface area (Å²) in [7, 11) is 0.